The highest BCUT2D eigenvalue weighted by molar-refractivity contribution is 5.79. The quantitative estimate of drug-likeness (QED) is 0.535. The molecule has 0 aromatic rings. The van der Waals surface area contributed by atoms with Gasteiger partial charge in [0.05, 0.1) is 19.6 Å². The van der Waals surface area contributed by atoms with Gasteiger partial charge in [0, 0.05) is 6.42 Å². The number of primary amides is 2. The first-order valence-electron chi connectivity index (χ1n) is 4.31. The average Bonchev–Trinajstić information content (AvgIpc) is 2.02. The van der Waals surface area contributed by atoms with Crippen LogP contribution in [0, 0.1) is 11.8 Å². The summed E-state index contributed by atoms with van der Waals surface area (Å²) >= 11 is 0. The van der Waals surface area contributed by atoms with Crippen molar-refractivity contribution in [3.63, 3.8) is 0 Å². The first-order chi connectivity index (χ1) is 6.56. The molecule has 5 nitrogen and oxygen atoms in total. The molecule has 0 aromatic heterocycles. The van der Waals surface area contributed by atoms with E-state index in [0.717, 1.165) is 6.42 Å². The van der Waals surface area contributed by atoms with Gasteiger partial charge in [0.2, 0.25) is 11.8 Å². The van der Waals surface area contributed by atoms with Crippen LogP contribution < -0.4 is 11.5 Å². The van der Waals surface area contributed by atoms with Crippen LogP contribution in [0.5, 0.6) is 0 Å². The average molecular weight is 197 g/mol. The van der Waals surface area contributed by atoms with Gasteiger partial charge in [0.15, 0.2) is 0 Å². The molecule has 0 aliphatic carbocycles. The van der Waals surface area contributed by atoms with E-state index in [0.29, 0.717) is 6.54 Å². The molecule has 0 spiro atoms. The standard InChI is InChI=1S/C9H15N3O2/c1-2-3-4-5-12(6-8(10)13)7-9(11)14/h2,5-7H2,1H3,(H2,10,13)(H2,11,14). The number of nitrogens with zero attached hydrogens (tertiary/aromatic N) is 1. The van der Waals surface area contributed by atoms with E-state index in [1.54, 1.807) is 0 Å². The highest BCUT2D eigenvalue weighted by atomic mass is 16.2. The normalized spacial score (nSPS) is 9.29. The summed E-state index contributed by atoms with van der Waals surface area (Å²) in [5.41, 5.74) is 9.98. The van der Waals surface area contributed by atoms with Gasteiger partial charge >= 0.3 is 0 Å². The van der Waals surface area contributed by atoms with Crippen LogP contribution in [0.3, 0.4) is 0 Å². The summed E-state index contributed by atoms with van der Waals surface area (Å²) < 4.78 is 0. The van der Waals surface area contributed by atoms with Crippen LogP contribution in [-0.4, -0.2) is 36.3 Å². The van der Waals surface area contributed by atoms with Gasteiger partial charge in [-0.05, 0) is 0 Å². The van der Waals surface area contributed by atoms with Crippen molar-refractivity contribution in [2.24, 2.45) is 11.5 Å². The minimum atomic E-state index is -0.496. The first kappa shape index (κ1) is 12.5. The SMILES string of the molecule is CCC#CCN(CC(N)=O)CC(N)=O. The number of amides is 2. The van der Waals surface area contributed by atoms with Gasteiger partial charge in [-0.25, -0.2) is 0 Å². The molecular weight excluding hydrogens is 182 g/mol. The third kappa shape index (κ3) is 7.13. The Morgan fingerprint density at radius 3 is 2.00 bits per heavy atom. The molecular formula is C9H15N3O2. The van der Waals surface area contributed by atoms with E-state index in [1.165, 1.54) is 4.90 Å². The van der Waals surface area contributed by atoms with Crippen LogP contribution in [-0.2, 0) is 9.59 Å². The molecule has 0 fully saturated rings. The smallest absolute Gasteiger partial charge is 0.231 e. The minimum Gasteiger partial charge on any atom is -0.369 e. The molecule has 0 aliphatic rings. The summed E-state index contributed by atoms with van der Waals surface area (Å²) in [4.78, 5) is 22.7. The predicted molar refractivity (Wildman–Crippen MR) is 52.9 cm³/mol. The Morgan fingerprint density at radius 1 is 1.14 bits per heavy atom. The third-order valence-electron chi connectivity index (χ3n) is 1.36. The van der Waals surface area contributed by atoms with Crippen molar-refractivity contribution >= 4 is 11.8 Å². The van der Waals surface area contributed by atoms with Crippen molar-refractivity contribution in [3.8, 4) is 11.8 Å². The number of carbonyl (C=O) groups is 2. The maximum Gasteiger partial charge on any atom is 0.231 e. The topological polar surface area (TPSA) is 89.4 Å². The van der Waals surface area contributed by atoms with Gasteiger partial charge < -0.3 is 11.5 Å². The maximum atomic E-state index is 10.6. The van der Waals surface area contributed by atoms with Crippen molar-refractivity contribution in [1.82, 2.24) is 4.90 Å². The Labute approximate surface area is 83.4 Å². The monoisotopic (exact) mass is 197 g/mol. The van der Waals surface area contributed by atoms with E-state index in [1.807, 2.05) is 6.92 Å². The zero-order valence-corrected chi connectivity index (χ0v) is 8.25. The fourth-order valence-corrected chi connectivity index (χ4v) is 0.901. The molecule has 14 heavy (non-hydrogen) atoms. The lowest BCUT2D eigenvalue weighted by Crippen LogP contribution is -2.39. The largest absolute Gasteiger partial charge is 0.369 e. The highest BCUT2D eigenvalue weighted by Gasteiger charge is 2.09. The number of carbonyl (C=O) groups excluding carboxylic acids is 2. The number of nitrogens with two attached hydrogens (primary N) is 2. The van der Waals surface area contributed by atoms with Crippen molar-refractivity contribution in [2.45, 2.75) is 13.3 Å². The zero-order valence-electron chi connectivity index (χ0n) is 8.25. The van der Waals surface area contributed by atoms with E-state index >= 15 is 0 Å². The molecule has 0 aromatic carbocycles. The molecule has 2 amide bonds. The predicted octanol–water partition coefficient (Wildman–Crippen LogP) is -1.33. The van der Waals surface area contributed by atoms with Gasteiger partial charge in [-0.2, -0.15) is 0 Å². The van der Waals surface area contributed by atoms with Gasteiger partial charge in [-0.15, -0.1) is 5.92 Å². The van der Waals surface area contributed by atoms with Crippen LogP contribution in [0.1, 0.15) is 13.3 Å². The van der Waals surface area contributed by atoms with Crippen molar-refractivity contribution in [1.29, 1.82) is 0 Å². The fourth-order valence-electron chi connectivity index (χ4n) is 0.901. The van der Waals surface area contributed by atoms with Gasteiger partial charge in [0.1, 0.15) is 0 Å². The van der Waals surface area contributed by atoms with Crippen LogP contribution in [0.25, 0.3) is 0 Å². The van der Waals surface area contributed by atoms with Crippen LogP contribution in [0.4, 0.5) is 0 Å². The van der Waals surface area contributed by atoms with Crippen LogP contribution in [0.2, 0.25) is 0 Å². The Bertz CT molecular complexity index is 249. The summed E-state index contributed by atoms with van der Waals surface area (Å²) in [5.74, 6) is 4.64. The summed E-state index contributed by atoms with van der Waals surface area (Å²) in [5, 5.41) is 0. The lowest BCUT2D eigenvalue weighted by molar-refractivity contribution is -0.121. The van der Waals surface area contributed by atoms with Crippen LogP contribution in [0.15, 0.2) is 0 Å². The summed E-state index contributed by atoms with van der Waals surface area (Å²) in [6.07, 6.45) is 0.737. The third-order valence-corrected chi connectivity index (χ3v) is 1.36. The lowest BCUT2D eigenvalue weighted by atomic mass is 10.4. The zero-order chi connectivity index (χ0) is 11.0. The maximum absolute atomic E-state index is 10.6. The van der Waals surface area contributed by atoms with E-state index in [-0.39, 0.29) is 13.1 Å². The lowest BCUT2D eigenvalue weighted by Gasteiger charge is -2.14. The first-order valence-corrected chi connectivity index (χ1v) is 4.31. The Hall–Kier alpha value is -1.54. The number of hydrogen-bond donors (Lipinski definition) is 2. The second kappa shape index (κ2) is 6.92. The molecule has 5 heteroatoms. The van der Waals surface area contributed by atoms with Crippen LogP contribution >= 0.6 is 0 Å². The summed E-state index contributed by atoms with van der Waals surface area (Å²) in [6, 6.07) is 0. The molecule has 0 aliphatic heterocycles. The van der Waals surface area contributed by atoms with Crippen molar-refractivity contribution in [2.75, 3.05) is 19.6 Å². The highest BCUT2D eigenvalue weighted by Crippen LogP contribution is 1.85. The molecule has 0 heterocycles. The Kier molecular flexibility index (Phi) is 6.16. The molecule has 0 rings (SSSR count). The summed E-state index contributed by atoms with van der Waals surface area (Å²) in [7, 11) is 0. The Balaban J connectivity index is 4.09. The minimum absolute atomic E-state index is 0.00132. The number of hydrogen-bond acceptors (Lipinski definition) is 3. The van der Waals surface area contributed by atoms with E-state index in [9.17, 15) is 9.59 Å². The summed E-state index contributed by atoms with van der Waals surface area (Å²) in [6.45, 7) is 2.25. The van der Waals surface area contributed by atoms with Crippen molar-refractivity contribution in [3.05, 3.63) is 0 Å². The molecule has 0 unspecified atom stereocenters. The molecule has 0 saturated carbocycles. The molecule has 0 atom stereocenters. The second-order valence-corrected chi connectivity index (χ2v) is 2.78. The Morgan fingerprint density at radius 2 is 1.64 bits per heavy atom. The van der Waals surface area contributed by atoms with Gasteiger partial charge in [-0.3, -0.25) is 14.5 Å². The van der Waals surface area contributed by atoms with Crippen molar-refractivity contribution < 1.29 is 9.59 Å². The van der Waals surface area contributed by atoms with E-state index in [2.05, 4.69) is 11.8 Å². The molecule has 0 saturated heterocycles. The second-order valence-electron chi connectivity index (χ2n) is 2.78. The van der Waals surface area contributed by atoms with Gasteiger partial charge in [0.25, 0.3) is 0 Å². The molecule has 0 bridgehead atoms. The van der Waals surface area contributed by atoms with Gasteiger partial charge in [-0.1, -0.05) is 12.8 Å². The fraction of sp³-hybridized carbons (Fsp3) is 0.556. The van der Waals surface area contributed by atoms with E-state index < -0.39 is 11.8 Å². The molecule has 4 N–H and O–H groups in total. The van der Waals surface area contributed by atoms with E-state index in [4.69, 9.17) is 11.5 Å². The molecule has 0 radical (unpaired) electrons. The molecule has 78 valence electrons. The number of rotatable bonds is 5.